The van der Waals surface area contributed by atoms with E-state index in [9.17, 15) is 19.5 Å². The minimum absolute atomic E-state index is 0.0788. The third kappa shape index (κ3) is 4.14. The van der Waals surface area contributed by atoms with Crippen LogP contribution in [-0.2, 0) is 19.1 Å². The molecule has 2 saturated heterocycles. The maximum absolute atomic E-state index is 14.8. The molecular weight excluding hydrogens is 530 g/mol. The number of anilines is 2. The molecule has 0 aliphatic carbocycles. The van der Waals surface area contributed by atoms with Crippen LogP contribution in [-0.4, -0.2) is 71.2 Å². The topological polar surface area (TPSA) is 90.4 Å². The summed E-state index contributed by atoms with van der Waals surface area (Å²) in [5.74, 6) is -2.58. The van der Waals surface area contributed by atoms with E-state index in [2.05, 4.69) is 0 Å². The number of hydrogen-bond donors (Lipinski definition) is 1. The third-order valence-corrected chi connectivity index (χ3v) is 9.72. The predicted molar refractivity (Wildman–Crippen MR) is 161 cm³/mol. The Morgan fingerprint density at radius 3 is 2.29 bits per heavy atom. The van der Waals surface area contributed by atoms with Crippen LogP contribution in [0.1, 0.15) is 31.4 Å². The van der Waals surface area contributed by atoms with Gasteiger partial charge in [-0.1, -0.05) is 81.0 Å². The molecule has 6 rings (SSSR count). The van der Waals surface area contributed by atoms with Gasteiger partial charge in [-0.05, 0) is 43.0 Å². The van der Waals surface area contributed by atoms with Crippen LogP contribution < -0.4 is 9.80 Å². The molecule has 2 aromatic rings. The summed E-state index contributed by atoms with van der Waals surface area (Å²) in [6.45, 7) is 8.31. The first-order chi connectivity index (χ1) is 20.2. The fraction of sp³-hybridized carbons (Fsp3) is 0.441. The largest absolute Gasteiger partial charge is 0.394 e. The average Bonchev–Trinajstić information content (AvgIpc) is 3.30. The van der Waals surface area contributed by atoms with Crippen molar-refractivity contribution in [1.29, 1.82) is 0 Å². The van der Waals surface area contributed by atoms with Crippen molar-refractivity contribution >= 4 is 29.1 Å². The van der Waals surface area contributed by atoms with Crippen LogP contribution in [0.2, 0.25) is 0 Å². The Morgan fingerprint density at radius 2 is 1.62 bits per heavy atom. The van der Waals surface area contributed by atoms with Crippen molar-refractivity contribution in [2.45, 2.75) is 57.9 Å². The van der Waals surface area contributed by atoms with Crippen LogP contribution in [0.4, 0.5) is 11.4 Å². The second-order valence-electron chi connectivity index (χ2n) is 12.0. The van der Waals surface area contributed by atoms with Crippen molar-refractivity contribution in [2.24, 2.45) is 17.8 Å². The number of aliphatic hydroxyl groups excluding tert-OH is 1. The van der Waals surface area contributed by atoms with E-state index in [4.69, 9.17) is 4.74 Å². The number of fused-ring (bicyclic) bond motifs is 2. The molecule has 4 aliphatic heterocycles. The summed E-state index contributed by atoms with van der Waals surface area (Å²) in [6, 6.07) is 13.7. The Balaban J connectivity index is 1.50. The van der Waals surface area contributed by atoms with E-state index in [0.717, 1.165) is 22.5 Å². The Hall–Kier alpha value is -3.75. The molecule has 4 aliphatic rings. The summed E-state index contributed by atoms with van der Waals surface area (Å²) in [7, 11) is 0. The lowest BCUT2D eigenvalue weighted by Crippen LogP contribution is -2.59. The number of rotatable bonds is 6. The highest BCUT2D eigenvalue weighted by atomic mass is 16.5. The van der Waals surface area contributed by atoms with Gasteiger partial charge in [-0.25, -0.2) is 0 Å². The highest BCUT2D eigenvalue weighted by Crippen LogP contribution is 2.55. The summed E-state index contributed by atoms with van der Waals surface area (Å²) >= 11 is 0. The first-order valence-electron chi connectivity index (χ1n) is 14.9. The van der Waals surface area contributed by atoms with Gasteiger partial charge in [0.05, 0.1) is 30.6 Å². The molecule has 220 valence electrons. The fourth-order valence-electron chi connectivity index (χ4n) is 7.52. The highest BCUT2D eigenvalue weighted by Gasteiger charge is 2.72. The second-order valence-corrected chi connectivity index (χ2v) is 12.0. The van der Waals surface area contributed by atoms with E-state index in [1.54, 1.807) is 14.7 Å². The van der Waals surface area contributed by atoms with E-state index in [1.807, 2.05) is 101 Å². The monoisotopic (exact) mass is 569 g/mol. The fourth-order valence-corrected chi connectivity index (χ4v) is 7.52. The van der Waals surface area contributed by atoms with Crippen LogP contribution in [0.5, 0.6) is 0 Å². The molecule has 0 aromatic heterocycles. The number of carbonyl (C=O) groups is 3. The van der Waals surface area contributed by atoms with Gasteiger partial charge in [0.25, 0.3) is 5.91 Å². The van der Waals surface area contributed by atoms with E-state index in [0.29, 0.717) is 19.5 Å². The van der Waals surface area contributed by atoms with Crippen molar-refractivity contribution in [3.05, 3.63) is 84.0 Å². The average molecular weight is 570 g/mol. The maximum Gasteiger partial charge on any atom is 0.253 e. The van der Waals surface area contributed by atoms with Gasteiger partial charge in [-0.2, -0.15) is 0 Å². The normalized spacial score (nSPS) is 30.1. The number of likely N-dealkylation sites (tertiary alicyclic amines) is 1. The van der Waals surface area contributed by atoms with Gasteiger partial charge in [0, 0.05) is 24.5 Å². The maximum atomic E-state index is 14.8. The number of ether oxygens (including phenoxy) is 1. The zero-order valence-corrected chi connectivity index (χ0v) is 24.6. The molecule has 0 saturated carbocycles. The van der Waals surface area contributed by atoms with Gasteiger partial charge in [-0.3, -0.25) is 14.4 Å². The number of amides is 3. The summed E-state index contributed by atoms with van der Waals surface area (Å²) in [6.07, 6.45) is 7.59. The van der Waals surface area contributed by atoms with Crippen LogP contribution >= 0.6 is 0 Å². The van der Waals surface area contributed by atoms with Crippen LogP contribution in [0, 0.1) is 31.6 Å². The molecule has 2 aromatic carbocycles. The molecule has 3 amide bonds. The van der Waals surface area contributed by atoms with Gasteiger partial charge in [-0.15, -0.1) is 0 Å². The zero-order valence-electron chi connectivity index (χ0n) is 24.6. The Bertz CT molecular complexity index is 1430. The van der Waals surface area contributed by atoms with Crippen molar-refractivity contribution < 1.29 is 24.2 Å². The first kappa shape index (κ1) is 28.4. The van der Waals surface area contributed by atoms with Crippen molar-refractivity contribution in [3.63, 3.8) is 0 Å². The van der Waals surface area contributed by atoms with E-state index >= 15 is 0 Å². The molecule has 0 radical (unpaired) electrons. The van der Waals surface area contributed by atoms with E-state index in [1.165, 1.54) is 0 Å². The Morgan fingerprint density at radius 1 is 0.929 bits per heavy atom. The molecule has 1 spiro atoms. The summed E-state index contributed by atoms with van der Waals surface area (Å²) < 4.78 is 6.81. The van der Waals surface area contributed by atoms with E-state index in [-0.39, 0.29) is 30.2 Å². The van der Waals surface area contributed by atoms with Crippen LogP contribution in [0.3, 0.4) is 0 Å². The van der Waals surface area contributed by atoms with Gasteiger partial charge in [0.1, 0.15) is 11.6 Å². The number of nitrogens with zero attached hydrogens (tertiary/aromatic N) is 3. The number of benzene rings is 2. The number of aryl methyl sites for hydroxylation is 2. The predicted octanol–water partition coefficient (Wildman–Crippen LogP) is 3.80. The summed E-state index contributed by atoms with van der Waals surface area (Å²) in [4.78, 5) is 48.8. The smallest absolute Gasteiger partial charge is 0.253 e. The number of hydrogen-bond acceptors (Lipinski definition) is 5. The van der Waals surface area contributed by atoms with Crippen LogP contribution in [0.25, 0.3) is 0 Å². The molecule has 1 unspecified atom stereocenters. The lowest BCUT2D eigenvalue weighted by atomic mass is 9.77. The van der Waals surface area contributed by atoms with Crippen molar-refractivity contribution in [3.8, 4) is 0 Å². The minimum Gasteiger partial charge on any atom is -0.394 e. The van der Waals surface area contributed by atoms with Gasteiger partial charge < -0.3 is 24.5 Å². The molecule has 2 fully saturated rings. The van der Waals surface area contributed by atoms with Crippen molar-refractivity contribution in [2.75, 3.05) is 29.5 Å². The van der Waals surface area contributed by atoms with Gasteiger partial charge >= 0.3 is 0 Å². The molecule has 42 heavy (non-hydrogen) atoms. The molecule has 4 heterocycles. The number of carbonyl (C=O) groups excluding carboxylic acids is 3. The molecule has 1 N–H and O–H groups in total. The summed E-state index contributed by atoms with van der Waals surface area (Å²) in [5, 5.41) is 10.6. The van der Waals surface area contributed by atoms with Crippen molar-refractivity contribution in [1.82, 2.24) is 4.90 Å². The van der Waals surface area contributed by atoms with Gasteiger partial charge in [0.2, 0.25) is 11.8 Å². The highest BCUT2D eigenvalue weighted by molar-refractivity contribution is 6.08. The molecule has 8 nitrogen and oxygen atoms in total. The second kappa shape index (κ2) is 10.8. The standard InChI is InChI=1S/C34H39N3O5/c1-5-21(2)25(20-38)37-30-33(41)36(29-22(3)12-9-13-23(29)4)19-11-17-34(30)28(32(37)40)27-26(42-34)16-10-18-35(31(27)39)24-14-7-6-8-15-24/h6-17,21,25-28,30,38H,5,18-20H2,1-4H3/t21-,25-,26+,27-,28-,30?,34-/m0/s1. The quantitative estimate of drug-likeness (QED) is 0.535. The first-order valence-corrected chi connectivity index (χ1v) is 14.9. The Labute approximate surface area is 247 Å². The molecular formula is C34H39N3O5. The van der Waals surface area contributed by atoms with Gasteiger partial charge in [0.15, 0.2) is 0 Å². The van der Waals surface area contributed by atoms with E-state index < -0.39 is 35.6 Å². The molecule has 0 bridgehead atoms. The minimum atomic E-state index is -1.35. The van der Waals surface area contributed by atoms with Crippen LogP contribution in [0.15, 0.2) is 72.8 Å². The third-order valence-electron chi connectivity index (χ3n) is 9.72. The lowest BCUT2D eigenvalue weighted by Gasteiger charge is -2.40. The summed E-state index contributed by atoms with van der Waals surface area (Å²) in [5.41, 5.74) is 2.11. The molecule has 8 heteroatoms. The zero-order chi connectivity index (χ0) is 29.8. The number of aliphatic hydroxyl groups is 1. The SMILES string of the molecule is CC[C@H](C)[C@H](CO)N1C(=O)[C@@H]2[C@H]3C(=O)N(c4ccccc4)CC=C[C@H]3O[C@@]23C=CCN(c2c(C)cccc2C)C(=O)C13. The molecule has 7 atom stereocenters. The lowest BCUT2D eigenvalue weighted by molar-refractivity contribution is -0.145. The Kier molecular flexibility index (Phi) is 7.31. The number of para-hydroxylation sites is 2.